The van der Waals surface area contributed by atoms with Crippen molar-refractivity contribution in [1.82, 2.24) is 0 Å². The third-order valence-electron chi connectivity index (χ3n) is 4.25. The van der Waals surface area contributed by atoms with Gasteiger partial charge in [-0.3, -0.25) is 0 Å². The molecule has 2 fully saturated rings. The largest absolute Gasteiger partial charge is 0.396 e. The van der Waals surface area contributed by atoms with Crippen molar-refractivity contribution in [3.8, 4) is 0 Å². The highest BCUT2D eigenvalue weighted by molar-refractivity contribution is 5.37. The quantitative estimate of drug-likeness (QED) is 0.772. The zero-order valence-corrected chi connectivity index (χ0v) is 8.37. The maximum Gasteiger partial charge on any atom is 0.0495 e. The van der Waals surface area contributed by atoms with Crippen LogP contribution in [-0.2, 0) is 5.41 Å². The van der Waals surface area contributed by atoms with E-state index >= 15 is 0 Å². The van der Waals surface area contributed by atoms with E-state index in [1.165, 1.54) is 31.2 Å². The van der Waals surface area contributed by atoms with E-state index in [1.54, 1.807) is 0 Å². The maximum atomic E-state index is 9.49. The first kappa shape index (κ1) is 8.49. The summed E-state index contributed by atoms with van der Waals surface area (Å²) in [4.78, 5) is 0. The fraction of sp³-hybridized carbons (Fsp3) is 0.538. The summed E-state index contributed by atoms with van der Waals surface area (Å²) in [6.45, 7) is 0.377. The van der Waals surface area contributed by atoms with Gasteiger partial charge in [0.2, 0.25) is 0 Å². The molecular weight excluding hydrogens is 172 g/mol. The van der Waals surface area contributed by atoms with Crippen LogP contribution in [0.2, 0.25) is 0 Å². The third kappa shape index (κ3) is 0.936. The minimum atomic E-state index is 0.258. The molecule has 1 N–H and O–H groups in total. The highest BCUT2D eigenvalue weighted by Crippen LogP contribution is 2.70. The molecule has 1 aromatic carbocycles. The minimum Gasteiger partial charge on any atom is -0.396 e. The van der Waals surface area contributed by atoms with Gasteiger partial charge in [-0.05, 0) is 31.2 Å². The maximum absolute atomic E-state index is 9.49. The Labute approximate surface area is 84.8 Å². The predicted molar refractivity (Wildman–Crippen MR) is 56.1 cm³/mol. The van der Waals surface area contributed by atoms with Crippen LogP contribution in [0, 0.1) is 5.41 Å². The van der Waals surface area contributed by atoms with E-state index < -0.39 is 0 Å². The van der Waals surface area contributed by atoms with Crippen LogP contribution in [0.4, 0.5) is 0 Å². The number of benzene rings is 1. The molecule has 0 bridgehead atoms. The van der Waals surface area contributed by atoms with Gasteiger partial charge >= 0.3 is 0 Å². The van der Waals surface area contributed by atoms with Gasteiger partial charge in [-0.25, -0.2) is 0 Å². The molecule has 3 rings (SSSR count). The lowest BCUT2D eigenvalue weighted by Crippen LogP contribution is -2.25. The van der Waals surface area contributed by atoms with E-state index in [1.807, 2.05) is 0 Å². The molecule has 2 aliphatic rings. The monoisotopic (exact) mass is 188 g/mol. The zero-order valence-electron chi connectivity index (χ0n) is 8.37. The second-order valence-electron chi connectivity index (χ2n) is 4.89. The summed E-state index contributed by atoms with van der Waals surface area (Å²) in [6, 6.07) is 10.7. The molecule has 0 aromatic heterocycles. The first-order valence-electron chi connectivity index (χ1n) is 5.49. The standard InChI is InChI=1S/C13H16O/c14-10-12(6-7-12)13(8-9-13)11-4-2-1-3-5-11/h1-5,14H,6-10H2. The molecule has 0 radical (unpaired) electrons. The van der Waals surface area contributed by atoms with E-state index in [2.05, 4.69) is 30.3 Å². The van der Waals surface area contributed by atoms with Gasteiger partial charge < -0.3 is 5.11 Å². The van der Waals surface area contributed by atoms with Gasteiger partial charge in [-0.2, -0.15) is 0 Å². The highest BCUT2D eigenvalue weighted by atomic mass is 16.3. The highest BCUT2D eigenvalue weighted by Gasteiger charge is 2.65. The average molecular weight is 188 g/mol. The summed E-state index contributed by atoms with van der Waals surface area (Å²) >= 11 is 0. The van der Waals surface area contributed by atoms with Gasteiger partial charge in [0.05, 0.1) is 0 Å². The Hall–Kier alpha value is -0.820. The summed E-state index contributed by atoms with van der Waals surface area (Å²) in [5, 5.41) is 9.49. The summed E-state index contributed by atoms with van der Waals surface area (Å²) in [6.07, 6.45) is 4.99. The van der Waals surface area contributed by atoms with Crippen molar-refractivity contribution in [2.24, 2.45) is 5.41 Å². The Kier molecular flexibility index (Phi) is 1.58. The van der Waals surface area contributed by atoms with Gasteiger partial charge in [-0.15, -0.1) is 0 Å². The number of hydrogen-bond donors (Lipinski definition) is 1. The second kappa shape index (κ2) is 2.60. The van der Waals surface area contributed by atoms with Crippen LogP contribution < -0.4 is 0 Å². The predicted octanol–water partition coefficient (Wildman–Crippen LogP) is 2.49. The Morgan fingerprint density at radius 1 is 1.00 bits per heavy atom. The fourth-order valence-corrected chi connectivity index (χ4v) is 2.95. The Bertz CT molecular complexity index is 334. The molecule has 0 saturated heterocycles. The van der Waals surface area contributed by atoms with Crippen molar-refractivity contribution < 1.29 is 5.11 Å². The summed E-state index contributed by atoms with van der Waals surface area (Å²) in [5.74, 6) is 0. The molecule has 0 atom stereocenters. The molecule has 74 valence electrons. The van der Waals surface area contributed by atoms with E-state index in [0.29, 0.717) is 12.0 Å². The normalized spacial score (nSPS) is 25.8. The van der Waals surface area contributed by atoms with Gasteiger partial charge in [0.25, 0.3) is 0 Å². The van der Waals surface area contributed by atoms with Crippen molar-refractivity contribution in [1.29, 1.82) is 0 Å². The van der Waals surface area contributed by atoms with Crippen molar-refractivity contribution >= 4 is 0 Å². The lowest BCUT2D eigenvalue weighted by molar-refractivity contribution is 0.177. The van der Waals surface area contributed by atoms with Crippen LogP contribution in [0.25, 0.3) is 0 Å². The third-order valence-corrected chi connectivity index (χ3v) is 4.25. The van der Waals surface area contributed by atoms with Gasteiger partial charge in [-0.1, -0.05) is 30.3 Å². The molecule has 1 heteroatoms. The molecule has 0 heterocycles. The Morgan fingerprint density at radius 2 is 1.64 bits per heavy atom. The summed E-state index contributed by atoms with van der Waals surface area (Å²) < 4.78 is 0. The van der Waals surface area contributed by atoms with Gasteiger partial charge in [0.15, 0.2) is 0 Å². The van der Waals surface area contributed by atoms with Crippen molar-refractivity contribution in [2.75, 3.05) is 6.61 Å². The molecular formula is C13H16O. The summed E-state index contributed by atoms with van der Waals surface area (Å²) in [7, 11) is 0. The number of aliphatic hydroxyl groups excluding tert-OH is 1. The minimum absolute atomic E-state index is 0.258. The van der Waals surface area contributed by atoms with E-state index in [-0.39, 0.29) is 5.41 Å². The SMILES string of the molecule is OCC1(C2(c3ccccc3)CC2)CC1. The molecule has 0 aliphatic heterocycles. The Balaban J connectivity index is 1.98. The number of aliphatic hydroxyl groups is 1. The van der Waals surface area contributed by atoms with Crippen LogP contribution in [0.15, 0.2) is 30.3 Å². The number of hydrogen-bond acceptors (Lipinski definition) is 1. The first-order valence-corrected chi connectivity index (χ1v) is 5.49. The van der Waals surface area contributed by atoms with Crippen LogP contribution in [-0.4, -0.2) is 11.7 Å². The van der Waals surface area contributed by atoms with Gasteiger partial charge in [0.1, 0.15) is 0 Å². The Morgan fingerprint density at radius 3 is 2.07 bits per heavy atom. The lowest BCUT2D eigenvalue weighted by Gasteiger charge is -2.25. The molecule has 0 spiro atoms. The summed E-state index contributed by atoms with van der Waals surface area (Å²) in [5.41, 5.74) is 2.06. The first-order chi connectivity index (χ1) is 6.83. The van der Waals surface area contributed by atoms with Crippen molar-refractivity contribution in [3.05, 3.63) is 35.9 Å². The molecule has 1 aromatic rings. The molecule has 2 aliphatic carbocycles. The average Bonchev–Trinajstić information content (AvgIpc) is 3.13. The van der Waals surface area contributed by atoms with Crippen molar-refractivity contribution in [2.45, 2.75) is 31.1 Å². The fourth-order valence-electron chi connectivity index (χ4n) is 2.95. The molecule has 1 nitrogen and oxygen atoms in total. The lowest BCUT2D eigenvalue weighted by atomic mass is 9.80. The van der Waals surface area contributed by atoms with Crippen LogP contribution >= 0.6 is 0 Å². The molecule has 2 saturated carbocycles. The van der Waals surface area contributed by atoms with Crippen molar-refractivity contribution in [3.63, 3.8) is 0 Å². The van der Waals surface area contributed by atoms with Crippen LogP contribution in [0.1, 0.15) is 31.2 Å². The smallest absolute Gasteiger partial charge is 0.0495 e. The van der Waals surface area contributed by atoms with Gasteiger partial charge in [0, 0.05) is 17.4 Å². The van der Waals surface area contributed by atoms with E-state index in [0.717, 1.165) is 0 Å². The molecule has 14 heavy (non-hydrogen) atoms. The van der Waals surface area contributed by atoms with Crippen LogP contribution in [0.5, 0.6) is 0 Å². The molecule has 0 amide bonds. The van der Waals surface area contributed by atoms with E-state index in [4.69, 9.17) is 0 Å². The number of rotatable bonds is 3. The topological polar surface area (TPSA) is 20.2 Å². The second-order valence-corrected chi connectivity index (χ2v) is 4.89. The zero-order chi connectivity index (χ0) is 9.65. The molecule has 0 unspecified atom stereocenters. The van der Waals surface area contributed by atoms with E-state index in [9.17, 15) is 5.11 Å². The van der Waals surface area contributed by atoms with Crippen LogP contribution in [0.3, 0.4) is 0 Å².